The van der Waals surface area contributed by atoms with Crippen LogP contribution in [0.1, 0.15) is 36.8 Å². The van der Waals surface area contributed by atoms with Gasteiger partial charge in [0.1, 0.15) is 18.0 Å². The lowest BCUT2D eigenvalue weighted by Crippen LogP contribution is -2.32. The summed E-state index contributed by atoms with van der Waals surface area (Å²) in [5.74, 6) is 1.48. The first-order chi connectivity index (χ1) is 15.1. The zero-order chi connectivity index (χ0) is 21.6. The zero-order valence-electron chi connectivity index (χ0n) is 17.8. The number of para-hydroxylation sites is 1. The van der Waals surface area contributed by atoms with E-state index in [1.54, 1.807) is 4.90 Å². The number of unbranched alkanes of at least 4 members (excludes halogenated alkanes) is 2. The average molecular weight is 421 g/mol. The van der Waals surface area contributed by atoms with Crippen LogP contribution in [0.25, 0.3) is 0 Å². The molecule has 2 heterocycles. The molecule has 162 valence electrons. The number of nitrogens with one attached hydrogen (secondary N) is 1. The van der Waals surface area contributed by atoms with E-state index < -0.39 is 0 Å². The Hall–Kier alpha value is -3.35. The van der Waals surface area contributed by atoms with Gasteiger partial charge in [-0.1, -0.05) is 42.5 Å². The van der Waals surface area contributed by atoms with E-state index in [2.05, 4.69) is 10.3 Å². The predicted molar refractivity (Wildman–Crippen MR) is 119 cm³/mol. The number of hydrogen-bond donors (Lipinski definition) is 1. The molecule has 2 aromatic carbocycles. The molecule has 0 radical (unpaired) electrons. The summed E-state index contributed by atoms with van der Waals surface area (Å²) < 4.78 is 5.98. The van der Waals surface area contributed by atoms with Crippen LogP contribution in [0.15, 0.2) is 53.5 Å². The highest BCUT2D eigenvalue weighted by molar-refractivity contribution is 6.06. The Morgan fingerprint density at radius 2 is 1.94 bits per heavy atom. The number of ether oxygens (including phenoxy) is 1. The summed E-state index contributed by atoms with van der Waals surface area (Å²) in [6, 6.07) is 15.9. The van der Waals surface area contributed by atoms with Crippen LogP contribution in [0.4, 0.5) is 5.69 Å². The van der Waals surface area contributed by atoms with Crippen LogP contribution in [0.5, 0.6) is 5.75 Å². The summed E-state index contributed by atoms with van der Waals surface area (Å²) in [4.78, 5) is 32.2. The first kappa shape index (κ1) is 20.9. The molecule has 2 aromatic rings. The number of nitrogens with zero attached hydrogens (tertiary/aromatic N) is 3. The van der Waals surface area contributed by atoms with Crippen LogP contribution in [0.3, 0.4) is 0 Å². The Bertz CT molecular complexity index is 974. The molecule has 2 aliphatic rings. The molecule has 7 heteroatoms. The third-order valence-electron chi connectivity index (χ3n) is 5.53. The summed E-state index contributed by atoms with van der Waals surface area (Å²) in [7, 11) is 1.85. The number of hydrogen-bond acceptors (Lipinski definition) is 5. The minimum Gasteiger partial charge on any atom is -0.491 e. The molecule has 2 amide bonds. The number of fused-ring (bicyclic) bond motifs is 2. The number of carbonyl (C=O) groups excluding carboxylic acids is 2. The minimum absolute atomic E-state index is 0.0296. The normalized spacial score (nSPS) is 14.4. The lowest BCUT2D eigenvalue weighted by Gasteiger charge is -2.24. The molecule has 4 rings (SSSR count). The summed E-state index contributed by atoms with van der Waals surface area (Å²) in [5.41, 5.74) is 3.00. The number of guanidine groups is 1. The van der Waals surface area contributed by atoms with E-state index in [0.717, 1.165) is 41.8 Å². The van der Waals surface area contributed by atoms with Crippen molar-refractivity contribution in [3.8, 4) is 5.75 Å². The van der Waals surface area contributed by atoms with Gasteiger partial charge in [0.2, 0.25) is 17.8 Å². The molecule has 0 spiro atoms. The summed E-state index contributed by atoms with van der Waals surface area (Å²) in [6.07, 6.45) is 3.20. The van der Waals surface area contributed by atoms with E-state index in [4.69, 9.17) is 4.74 Å². The topological polar surface area (TPSA) is 74.2 Å². The Balaban J connectivity index is 1.19. The highest BCUT2D eigenvalue weighted by Crippen LogP contribution is 2.36. The molecular formula is C24H28N4O3. The smallest absolute Gasteiger partial charge is 0.246 e. The molecule has 1 N–H and O–H groups in total. The van der Waals surface area contributed by atoms with Crippen LogP contribution < -0.4 is 10.1 Å². The van der Waals surface area contributed by atoms with E-state index in [9.17, 15) is 9.59 Å². The van der Waals surface area contributed by atoms with Crippen molar-refractivity contribution in [3.05, 3.63) is 59.7 Å². The SMILES string of the molecule is CN(Cc1ccccc1)C(=O)CCCCCOc1cccc2c1N=C1NC(=O)CN1C2. The lowest BCUT2D eigenvalue weighted by molar-refractivity contribution is -0.130. The summed E-state index contributed by atoms with van der Waals surface area (Å²) in [6.45, 7) is 2.22. The van der Waals surface area contributed by atoms with Crippen LogP contribution in [0.2, 0.25) is 0 Å². The van der Waals surface area contributed by atoms with Gasteiger partial charge in [0.15, 0.2) is 0 Å². The van der Waals surface area contributed by atoms with Crippen molar-refractivity contribution < 1.29 is 14.3 Å². The number of benzene rings is 2. The molecule has 0 saturated carbocycles. The molecule has 2 aliphatic heterocycles. The summed E-state index contributed by atoms with van der Waals surface area (Å²) >= 11 is 0. The van der Waals surface area contributed by atoms with Crippen molar-refractivity contribution in [1.82, 2.24) is 15.1 Å². The second-order valence-electron chi connectivity index (χ2n) is 8.00. The molecule has 1 fully saturated rings. The van der Waals surface area contributed by atoms with E-state index in [-0.39, 0.29) is 11.8 Å². The van der Waals surface area contributed by atoms with Crippen LogP contribution in [-0.4, -0.2) is 47.8 Å². The Kier molecular flexibility index (Phi) is 6.50. The van der Waals surface area contributed by atoms with E-state index in [1.807, 2.05) is 60.5 Å². The molecule has 0 aromatic heterocycles. The van der Waals surface area contributed by atoms with Crippen molar-refractivity contribution in [2.45, 2.75) is 38.8 Å². The molecule has 1 saturated heterocycles. The maximum atomic E-state index is 12.3. The number of aliphatic imine (C=N–C) groups is 1. The van der Waals surface area contributed by atoms with Crippen molar-refractivity contribution >= 4 is 23.5 Å². The maximum absolute atomic E-state index is 12.3. The molecular weight excluding hydrogens is 392 g/mol. The van der Waals surface area contributed by atoms with Gasteiger partial charge in [-0.15, -0.1) is 0 Å². The molecule has 7 nitrogen and oxygen atoms in total. The first-order valence-corrected chi connectivity index (χ1v) is 10.8. The van der Waals surface area contributed by atoms with E-state index in [0.29, 0.717) is 38.6 Å². The predicted octanol–water partition coefficient (Wildman–Crippen LogP) is 3.22. The lowest BCUT2D eigenvalue weighted by atomic mass is 10.1. The number of carbonyl (C=O) groups is 2. The van der Waals surface area contributed by atoms with Crippen molar-refractivity contribution in [3.63, 3.8) is 0 Å². The van der Waals surface area contributed by atoms with Gasteiger partial charge in [-0.05, 0) is 30.9 Å². The van der Waals surface area contributed by atoms with E-state index in [1.165, 1.54) is 0 Å². The van der Waals surface area contributed by atoms with Gasteiger partial charge in [0, 0.05) is 32.1 Å². The van der Waals surface area contributed by atoms with Gasteiger partial charge >= 0.3 is 0 Å². The van der Waals surface area contributed by atoms with Crippen molar-refractivity contribution in [2.24, 2.45) is 4.99 Å². The fourth-order valence-corrected chi connectivity index (χ4v) is 3.84. The summed E-state index contributed by atoms with van der Waals surface area (Å²) in [5, 5.41) is 2.79. The quantitative estimate of drug-likeness (QED) is 0.632. The first-order valence-electron chi connectivity index (χ1n) is 10.8. The second kappa shape index (κ2) is 9.64. The van der Waals surface area contributed by atoms with Crippen molar-refractivity contribution in [1.29, 1.82) is 0 Å². The van der Waals surface area contributed by atoms with Crippen LogP contribution >= 0.6 is 0 Å². The molecule has 0 unspecified atom stereocenters. The third kappa shape index (κ3) is 5.23. The fraction of sp³-hybridized carbons (Fsp3) is 0.375. The number of amides is 2. The van der Waals surface area contributed by atoms with E-state index >= 15 is 0 Å². The van der Waals surface area contributed by atoms with Gasteiger partial charge in [-0.25, -0.2) is 4.99 Å². The van der Waals surface area contributed by atoms with Crippen molar-refractivity contribution in [2.75, 3.05) is 20.2 Å². The molecule has 0 bridgehead atoms. The maximum Gasteiger partial charge on any atom is 0.246 e. The second-order valence-corrected chi connectivity index (χ2v) is 8.00. The third-order valence-corrected chi connectivity index (χ3v) is 5.53. The average Bonchev–Trinajstić information content (AvgIpc) is 3.14. The van der Waals surface area contributed by atoms with Crippen LogP contribution in [-0.2, 0) is 22.7 Å². The molecule has 31 heavy (non-hydrogen) atoms. The minimum atomic E-state index is -0.0296. The van der Waals surface area contributed by atoms with Gasteiger partial charge in [0.05, 0.1) is 6.61 Å². The van der Waals surface area contributed by atoms with Crippen LogP contribution in [0, 0.1) is 0 Å². The molecule has 0 atom stereocenters. The van der Waals surface area contributed by atoms with Gasteiger partial charge < -0.3 is 14.5 Å². The molecule has 0 aliphatic carbocycles. The standard InChI is InChI=1S/C24H28N4O3/c1-27(15-18-9-4-2-5-10-18)22(30)13-6-3-7-14-31-20-12-8-11-19-16-28-17-21(29)25-24(28)26-23(19)20/h2,4-5,8-12H,3,6-7,13-17H2,1H3,(H,25,26,29). The highest BCUT2D eigenvalue weighted by Gasteiger charge is 2.30. The fourth-order valence-electron chi connectivity index (χ4n) is 3.84. The van der Waals surface area contributed by atoms with Gasteiger partial charge in [-0.2, -0.15) is 0 Å². The van der Waals surface area contributed by atoms with Gasteiger partial charge in [0.25, 0.3) is 0 Å². The Labute approximate surface area is 182 Å². The van der Waals surface area contributed by atoms with Gasteiger partial charge in [-0.3, -0.25) is 14.9 Å². The highest BCUT2D eigenvalue weighted by atomic mass is 16.5. The Morgan fingerprint density at radius 3 is 2.77 bits per heavy atom. The zero-order valence-corrected chi connectivity index (χ0v) is 17.8. The largest absolute Gasteiger partial charge is 0.491 e. The monoisotopic (exact) mass is 420 g/mol. The number of rotatable bonds is 9. The Morgan fingerprint density at radius 1 is 1.10 bits per heavy atom.